The molecule has 2 heterocycles. The third-order valence-corrected chi connectivity index (χ3v) is 4.54. The van der Waals surface area contributed by atoms with Crippen LogP contribution < -0.4 is 10.2 Å². The van der Waals surface area contributed by atoms with E-state index in [0.29, 0.717) is 12.1 Å². The van der Waals surface area contributed by atoms with Crippen LogP contribution in [0.5, 0.6) is 0 Å². The average molecular weight is 318 g/mol. The third kappa shape index (κ3) is 5.20. The van der Waals surface area contributed by atoms with E-state index in [-0.39, 0.29) is 5.91 Å². The number of hydrogen-bond acceptors (Lipinski definition) is 4. The molecule has 1 aromatic heterocycles. The number of carbonyl (C=O) groups excluding carboxylic acids is 1. The van der Waals surface area contributed by atoms with Crippen LogP contribution in [0.4, 0.5) is 5.82 Å². The molecule has 0 atom stereocenters. The highest BCUT2D eigenvalue weighted by Crippen LogP contribution is 2.21. The van der Waals surface area contributed by atoms with Gasteiger partial charge in [-0.25, -0.2) is 4.98 Å². The van der Waals surface area contributed by atoms with Crippen molar-refractivity contribution >= 4 is 11.7 Å². The van der Waals surface area contributed by atoms with Crippen LogP contribution in [0, 0.1) is 0 Å². The van der Waals surface area contributed by atoms with Crippen molar-refractivity contribution in [2.24, 2.45) is 0 Å². The van der Waals surface area contributed by atoms with Crippen molar-refractivity contribution in [1.29, 1.82) is 0 Å². The number of aromatic nitrogens is 1. The first-order chi connectivity index (χ1) is 11.3. The monoisotopic (exact) mass is 318 g/mol. The molecule has 23 heavy (non-hydrogen) atoms. The molecule has 5 heteroatoms. The number of amides is 1. The molecule has 1 saturated heterocycles. The highest BCUT2D eigenvalue weighted by Gasteiger charge is 2.18. The number of carbonyl (C=O) groups is 1. The molecule has 0 saturated carbocycles. The molecule has 0 spiro atoms. The number of likely N-dealkylation sites (N-methyl/N-ethyl adjacent to an activating group) is 1. The van der Waals surface area contributed by atoms with Gasteiger partial charge in [-0.2, -0.15) is 0 Å². The summed E-state index contributed by atoms with van der Waals surface area (Å²) in [5, 5.41) is 3.05. The van der Waals surface area contributed by atoms with Crippen molar-refractivity contribution in [3.8, 4) is 0 Å². The number of nitrogens with zero attached hydrogens (tertiary/aromatic N) is 3. The Morgan fingerprint density at radius 3 is 2.57 bits per heavy atom. The Morgan fingerprint density at radius 2 is 1.91 bits per heavy atom. The number of hydrogen-bond donors (Lipinski definition) is 1. The summed E-state index contributed by atoms with van der Waals surface area (Å²) in [6, 6.07) is 3.74. The molecule has 1 aliphatic rings. The lowest BCUT2D eigenvalue weighted by Crippen LogP contribution is -2.36. The summed E-state index contributed by atoms with van der Waals surface area (Å²) in [5.74, 6) is 0.833. The first-order valence-corrected chi connectivity index (χ1v) is 8.96. The largest absolute Gasteiger partial charge is 0.356 e. The predicted molar refractivity (Wildman–Crippen MR) is 95.0 cm³/mol. The zero-order valence-corrected chi connectivity index (χ0v) is 14.6. The maximum absolute atomic E-state index is 12.6. The molecule has 1 fully saturated rings. The van der Waals surface area contributed by atoms with Crippen LogP contribution in [0.15, 0.2) is 18.3 Å². The van der Waals surface area contributed by atoms with Crippen LogP contribution in [0.3, 0.4) is 0 Å². The highest BCUT2D eigenvalue weighted by molar-refractivity contribution is 5.98. The smallest absolute Gasteiger partial charge is 0.255 e. The number of anilines is 1. The van der Waals surface area contributed by atoms with Gasteiger partial charge in [-0.1, -0.05) is 26.7 Å². The molecular formula is C18H30N4O. The van der Waals surface area contributed by atoms with Crippen molar-refractivity contribution in [1.82, 2.24) is 15.2 Å². The molecule has 0 radical (unpaired) electrons. The van der Waals surface area contributed by atoms with E-state index in [2.05, 4.69) is 33.9 Å². The molecule has 1 aromatic rings. The Morgan fingerprint density at radius 1 is 1.22 bits per heavy atom. The molecule has 0 bridgehead atoms. The van der Waals surface area contributed by atoms with Crippen molar-refractivity contribution < 1.29 is 4.79 Å². The Balaban J connectivity index is 1.99. The van der Waals surface area contributed by atoms with Crippen molar-refractivity contribution in [2.45, 2.75) is 39.5 Å². The van der Waals surface area contributed by atoms with Gasteiger partial charge in [0.25, 0.3) is 5.91 Å². The molecule has 1 aliphatic heterocycles. The van der Waals surface area contributed by atoms with Gasteiger partial charge in [0.1, 0.15) is 5.82 Å². The van der Waals surface area contributed by atoms with E-state index < -0.39 is 0 Å². The van der Waals surface area contributed by atoms with Crippen LogP contribution in [0.1, 0.15) is 49.9 Å². The van der Waals surface area contributed by atoms with Gasteiger partial charge in [0.2, 0.25) is 0 Å². The predicted octanol–water partition coefficient (Wildman–Crippen LogP) is 2.53. The van der Waals surface area contributed by atoms with Crippen molar-refractivity contribution in [3.63, 3.8) is 0 Å². The average Bonchev–Trinajstić information content (AvgIpc) is 2.88. The Bertz CT molecular complexity index is 480. The van der Waals surface area contributed by atoms with Crippen LogP contribution in [0.25, 0.3) is 0 Å². The quantitative estimate of drug-likeness (QED) is 0.839. The third-order valence-electron chi connectivity index (χ3n) is 4.54. The minimum atomic E-state index is -0.00972. The first kappa shape index (κ1) is 17.7. The molecule has 2 rings (SSSR count). The van der Waals surface area contributed by atoms with Gasteiger partial charge in [-0.05, 0) is 38.1 Å². The van der Waals surface area contributed by atoms with Gasteiger partial charge in [-0.3, -0.25) is 4.79 Å². The van der Waals surface area contributed by atoms with E-state index in [9.17, 15) is 4.79 Å². The lowest BCUT2D eigenvalue weighted by molar-refractivity contribution is 0.0949. The summed E-state index contributed by atoms with van der Waals surface area (Å²) >= 11 is 0. The van der Waals surface area contributed by atoms with Gasteiger partial charge in [-0.15, -0.1) is 0 Å². The Hall–Kier alpha value is -1.62. The summed E-state index contributed by atoms with van der Waals surface area (Å²) in [4.78, 5) is 21.6. The second-order valence-electron chi connectivity index (χ2n) is 6.06. The lowest BCUT2D eigenvalue weighted by atomic mass is 10.2. The maximum Gasteiger partial charge on any atom is 0.255 e. The molecule has 5 nitrogen and oxygen atoms in total. The lowest BCUT2D eigenvalue weighted by Gasteiger charge is -2.24. The van der Waals surface area contributed by atoms with Crippen LogP contribution in [-0.4, -0.2) is 55.1 Å². The summed E-state index contributed by atoms with van der Waals surface area (Å²) < 4.78 is 0. The molecule has 128 valence electrons. The van der Waals surface area contributed by atoms with Crippen LogP contribution in [0.2, 0.25) is 0 Å². The number of rotatable bonds is 7. The van der Waals surface area contributed by atoms with Gasteiger partial charge in [0.15, 0.2) is 0 Å². The summed E-state index contributed by atoms with van der Waals surface area (Å²) in [5.41, 5.74) is 0.703. The Labute approximate surface area is 140 Å². The molecule has 0 aliphatic carbocycles. The molecule has 0 aromatic carbocycles. The fourth-order valence-corrected chi connectivity index (χ4v) is 3.07. The van der Waals surface area contributed by atoms with Gasteiger partial charge in [0, 0.05) is 32.4 Å². The van der Waals surface area contributed by atoms with E-state index in [1.165, 1.54) is 25.7 Å². The standard InChI is InChI=1S/C18H30N4O/c1-3-21(4-2)15-12-20-18(23)16-10-9-11-19-17(16)22-13-7-5-6-8-14-22/h9-11H,3-8,12-15H2,1-2H3,(H,20,23). The van der Waals surface area contributed by atoms with E-state index in [0.717, 1.165) is 38.5 Å². The summed E-state index contributed by atoms with van der Waals surface area (Å²) in [6.07, 6.45) is 6.69. The van der Waals surface area contributed by atoms with Crippen LogP contribution >= 0.6 is 0 Å². The topological polar surface area (TPSA) is 48.5 Å². The van der Waals surface area contributed by atoms with E-state index in [1.54, 1.807) is 6.20 Å². The number of nitrogens with one attached hydrogen (secondary N) is 1. The van der Waals surface area contributed by atoms with Gasteiger partial charge in [0.05, 0.1) is 5.56 Å². The van der Waals surface area contributed by atoms with Crippen molar-refractivity contribution in [2.75, 3.05) is 44.2 Å². The van der Waals surface area contributed by atoms with E-state index in [4.69, 9.17) is 0 Å². The van der Waals surface area contributed by atoms with Gasteiger partial charge < -0.3 is 15.1 Å². The fraction of sp³-hybridized carbons (Fsp3) is 0.667. The summed E-state index contributed by atoms with van der Waals surface area (Å²) in [6.45, 7) is 9.87. The molecule has 1 N–H and O–H groups in total. The van der Waals surface area contributed by atoms with E-state index in [1.807, 2.05) is 12.1 Å². The number of pyridine rings is 1. The van der Waals surface area contributed by atoms with E-state index >= 15 is 0 Å². The zero-order valence-electron chi connectivity index (χ0n) is 14.6. The maximum atomic E-state index is 12.6. The minimum Gasteiger partial charge on any atom is -0.356 e. The Kier molecular flexibility index (Phi) is 7.33. The zero-order chi connectivity index (χ0) is 16.5. The normalized spacial score (nSPS) is 15.5. The SMILES string of the molecule is CCN(CC)CCNC(=O)c1cccnc1N1CCCCCC1. The molecule has 1 amide bonds. The van der Waals surface area contributed by atoms with Crippen LogP contribution in [-0.2, 0) is 0 Å². The van der Waals surface area contributed by atoms with Gasteiger partial charge >= 0.3 is 0 Å². The minimum absolute atomic E-state index is 0.00972. The second kappa shape index (κ2) is 9.50. The molecule has 0 unspecified atom stereocenters. The van der Waals surface area contributed by atoms with Crippen molar-refractivity contribution in [3.05, 3.63) is 23.9 Å². The summed E-state index contributed by atoms with van der Waals surface area (Å²) in [7, 11) is 0. The fourth-order valence-electron chi connectivity index (χ4n) is 3.07. The second-order valence-corrected chi connectivity index (χ2v) is 6.06. The molecular weight excluding hydrogens is 288 g/mol. The first-order valence-electron chi connectivity index (χ1n) is 8.96. The highest BCUT2D eigenvalue weighted by atomic mass is 16.1.